The van der Waals surface area contributed by atoms with Crippen molar-refractivity contribution >= 4 is 11.8 Å². The third-order valence-corrected chi connectivity index (χ3v) is 3.11. The molecule has 0 aromatic carbocycles. The maximum absolute atomic E-state index is 11.2. The minimum Gasteiger partial charge on any atom is -0.296 e. The summed E-state index contributed by atoms with van der Waals surface area (Å²) in [6, 6.07) is 1.66. The molecule has 1 saturated heterocycles. The van der Waals surface area contributed by atoms with E-state index in [9.17, 15) is 9.59 Å². The minimum absolute atomic E-state index is 0.277. The van der Waals surface area contributed by atoms with Gasteiger partial charge in [0.05, 0.1) is 6.04 Å². The molecule has 0 spiro atoms. The molecule has 0 bridgehead atoms. The number of hydrogen-bond acceptors (Lipinski definition) is 3. The molecular formula is C7H8N2O2S. The lowest BCUT2D eigenvalue weighted by Crippen LogP contribution is -2.36. The molecule has 0 unspecified atom stereocenters. The third-order valence-electron chi connectivity index (χ3n) is 1.87. The number of hydrogen-bond donors (Lipinski definition) is 1. The van der Waals surface area contributed by atoms with Crippen LogP contribution in [-0.4, -0.2) is 21.1 Å². The Morgan fingerprint density at radius 1 is 1.50 bits per heavy atom. The molecule has 2 rings (SSSR count). The van der Waals surface area contributed by atoms with Gasteiger partial charge >= 0.3 is 5.69 Å². The van der Waals surface area contributed by atoms with Crippen LogP contribution in [0.5, 0.6) is 0 Å². The van der Waals surface area contributed by atoms with Crippen LogP contribution in [0.4, 0.5) is 0 Å². The van der Waals surface area contributed by atoms with Gasteiger partial charge in [-0.25, -0.2) is 4.79 Å². The van der Waals surface area contributed by atoms with Crippen LogP contribution in [0, 0.1) is 0 Å². The lowest BCUT2D eigenvalue weighted by atomic mass is 10.3. The van der Waals surface area contributed by atoms with E-state index >= 15 is 0 Å². The Morgan fingerprint density at radius 3 is 2.75 bits per heavy atom. The second kappa shape index (κ2) is 2.82. The monoisotopic (exact) mass is 184 g/mol. The largest absolute Gasteiger partial charge is 0.328 e. The average molecular weight is 184 g/mol. The maximum Gasteiger partial charge on any atom is 0.328 e. The van der Waals surface area contributed by atoms with E-state index in [0.29, 0.717) is 0 Å². The first-order chi connectivity index (χ1) is 5.77. The van der Waals surface area contributed by atoms with Crippen LogP contribution in [0.1, 0.15) is 6.04 Å². The van der Waals surface area contributed by atoms with Crippen molar-refractivity contribution in [1.82, 2.24) is 9.55 Å². The van der Waals surface area contributed by atoms with E-state index in [0.717, 1.165) is 11.5 Å². The molecule has 4 nitrogen and oxygen atoms in total. The van der Waals surface area contributed by atoms with E-state index in [2.05, 4.69) is 4.98 Å². The molecule has 0 amide bonds. The van der Waals surface area contributed by atoms with E-state index in [1.54, 1.807) is 22.5 Å². The van der Waals surface area contributed by atoms with Crippen molar-refractivity contribution in [1.29, 1.82) is 0 Å². The van der Waals surface area contributed by atoms with Crippen molar-refractivity contribution in [3.63, 3.8) is 0 Å². The number of nitrogens with zero attached hydrogens (tertiary/aromatic N) is 1. The number of aromatic amines is 1. The summed E-state index contributed by atoms with van der Waals surface area (Å²) in [6.45, 7) is 0. The zero-order valence-electron chi connectivity index (χ0n) is 6.32. The van der Waals surface area contributed by atoms with Crippen LogP contribution in [0.25, 0.3) is 0 Å². The molecule has 1 aliphatic rings. The topological polar surface area (TPSA) is 54.9 Å². The Bertz CT molecular complexity index is 391. The quantitative estimate of drug-likeness (QED) is 0.659. The zero-order valence-corrected chi connectivity index (χ0v) is 7.13. The molecule has 12 heavy (non-hydrogen) atoms. The van der Waals surface area contributed by atoms with Gasteiger partial charge in [-0.1, -0.05) is 0 Å². The highest BCUT2D eigenvalue weighted by Gasteiger charge is 2.20. The number of rotatable bonds is 1. The number of aromatic nitrogens is 2. The van der Waals surface area contributed by atoms with Crippen LogP contribution in [0.15, 0.2) is 21.9 Å². The first-order valence-electron chi connectivity index (χ1n) is 3.66. The summed E-state index contributed by atoms with van der Waals surface area (Å²) in [6.07, 6.45) is 1.56. The van der Waals surface area contributed by atoms with Gasteiger partial charge in [-0.15, -0.1) is 0 Å². The molecule has 64 valence electrons. The molecule has 2 heterocycles. The van der Waals surface area contributed by atoms with Gasteiger partial charge < -0.3 is 0 Å². The number of nitrogens with one attached hydrogen (secondary N) is 1. The Kier molecular flexibility index (Phi) is 1.80. The highest BCUT2D eigenvalue weighted by Crippen LogP contribution is 2.27. The second-order valence-electron chi connectivity index (χ2n) is 2.71. The Morgan fingerprint density at radius 2 is 2.25 bits per heavy atom. The molecule has 0 radical (unpaired) electrons. The van der Waals surface area contributed by atoms with Crippen LogP contribution < -0.4 is 11.2 Å². The van der Waals surface area contributed by atoms with Crippen molar-refractivity contribution in [3.05, 3.63) is 33.1 Å². The molecular weight excluding hydrogens is 176 g/mol. The predicted octanol–water partition coefficient (Wildman–Crippen LogP) is -0.175. The van der Waals surface area contributed by atoms with E-state index in [-0.39, 0.29) is 17.3 Å². The molecule has 5 heteroatoms. The first kappa shape index (κ1) is 7.67. The summed E-state index contributed by atoms with van der Waals surface area (Å²) >= 11 is 1.80. The SMILES string of the molecule is O=c1ccn(C2CSC2)c(=O)[nH]1. The summed E-state index contributed by atoms with van der Waals surface area (Å²) in [4.78, 5) is 24.1. The summed E-state index contributed by atoms with van der Waals surface area (Å²) < 4.78 is 1.58. The van der Waals surface area contributed by atoms with Gasteiger partial charge in [-0.05, 0) is 0 Å². The van der Waals surface area contributed by atoms with Crippen molar-refractivity contribution in [2.24, 2.45) is 0 Å². The van der Waals surface area contributed by atoms with Crippen LogP contribution in [0.3, 0.4) is 0 Å². The molecule has 1 N–H and O–H groups in total. The first-order valence-corrected chi connectivity index (χ1v) is 4.82. The summed E-state index contributed by atoms with van der Waals surface area (Å²) in [5.41, 5.74) is -0.629. The fourth-order valence-corrected chi connectivity index (χ4v) is 1.87. The molecule has 1 fully saturated rings. The average Bonchev–Trinajstić information content (AvgIpc) is 1.91. The normalized spacial score (nSPS) is 17.3. The lowest BCUT2D eigenvalue weighted by molar-refractivity contribution is 0.555. The van der Waals surface area contributed by atoms with Gasteiger partial charge in [0, 0.05) is 23.8 Å². The van der Waals surface area contributed by atoms with Crippen molar-refractivity contribution in [3.8, 4) is 0 Å². The third kappa shape index (κ3) is 1.20. The highest BCUT2D eigenvalue weighted by atomic mass is 32.2. The van der Waals surface area contributed by atoms with E-state index in [4.69, 9.17) is 0 Å². The molecule has 1 aliphatic heterocycles. The van der Waals surface area contributed by atoms with Crippen molar-refractivity contribution in [2.45, 2.75) is 6.04 Å². The lowest BCUT2D eigenvalue weighted by Gasteiger charge is -2.26. The summed E-state index contributed by atoms with van der Waals surface area (Å²) in [5.74, 6) is 1.93. The number of H-pyrrole nitrogens is 1. The fraction of sp³-hybridized carbons (Fsp3) is 0.429. The Hall–Kier alpha value is -0.970. The van der Waals surface area contributed by atoms with E-state index in [1.165, 1.54) is 6.07 Å². The van der Waals surface area contributed by atoms with Gasteiger partial charge in [0.1, 0.15) is 0 Å². The summed E-state index contributed by atoms with van der Waals surface area (Å²) in [7, 11) is 0. The fourth-order valence-electron chi connectivity index (χ4n) is 1.10. The van der Waals surface area contributed by atoms with Gasteiger partial charge in [-0.3, -0.25) is 14.3 Å². The summed E-state index contributed by atoms with van der Waals surface area (Å²) in [5, 5.41) is 0. The van der Waals surface area contributed by atoms with Crippen LogP contribution in [0.2, 0.25) is 0 Å². The number of thioether (sulfide) groups is 1. The maximum atomic E-state index is 11.2. The van der Waals surface area contributed by atoms with Crippen LogP contribution >= 0.6 is 11.8 Å². The van der Waals surface area contributed by atoms with Gasteiger partial charge in [0.15, 0.2) is 0 Å². The standard InChI is InChI=1S/C7H8N2O2S/c10-6-1-2-9(7(11)8-6)5-3-12-4-5/h1-2,5H,3-4H2,(H,8,10,11). The van der Waals surface area contributed by atoms with Crippen molar-refractivity contribution in [2.75, 3.05) is 11.5 Å². The predicted molar refractivity (Wildman–Crippen MR) is 47.7 cm³/mol. The van der Waals surface area contributed by atoms with Crippen molar-refractivity contribution < 1.29 is 0 Å². The Balaban J connectivity index is 2.44. The smallest absolute Gasteiger partial charge is 0.296 e. The van der Waals surface area contributed by atoms with E-state index in [1.807, 2.05) is 0 Å². The second-order valence-corrected chi connectivity index (χ2v) is 3.78. The molecule has 0 saturated carbocycles. The van der Waals surface area contributed by atoms with Gasteiger partial charge in [-0.2, -0.15) is 11.8 Å². The molecule has 1 aromatic rings. The van der Waals surface area contributed by atoms with E-state index < -0.39 is 0 Å². The highest BCUT2D eigenvalue weighted by molar-refractivity contribution is 8.00. The van der Waals surface area contributed by atoms with Gasteiger partial charge in [0.2, 0.25) is 0 Å². The Labute approximate surface area is 72.6 Å². The zero-order chi connectivity index (χ0) is 8.55. The minimum atomic E-state index is -0.330. The molecule has 1 aromatic heterocycles. The van der Waals surface area contributed by atoms with Gasteiger partial charge in [0.25, 0.3) is 5.56 Å². The molecule has 0 atom stereocenters. The molecule has 0 aliphatic carbocycles. The van der Waals surface area contributed by atoms with Crippen LogP contribution in [-0.2, 0) is 0 Å².